The quantitative estimate of drug-likeness (QED) is 0.603. The van der Waals surface area contributed by atoms with Gasteiger partial charge in [0.25, 0.3) is 5.82 Å². The number of unbranched alkanes of at least 4 members (excludes halogenated alkanes) is 1. The molecule has 1 aromatic rings. The molecule has 0 atom stereocenters. The molecular weight excluding hydrogens is 148 g/mol. The highest BCUT2D eigenvalue weighted by Crippen LogP contribution is 1.99. The zero-order chi connectivity index (χ0) is 8.97. The van der Waals surface area contributed by atoms with E-state index in [0.717, 1.165) is 6.42 Å². The SMILES string of the molecule is CCCCn1cc[n+](C)c1CC. The van der Waals surface area contributed by atoms with Crippen LogP contribution >= 0.6 is 0 Å². The summed E-state index contributed by atoms with van der Waals surface area (Å²) < 4.78 is 4.55. The van der Waals surface area contributed by atoms with Crippen LogP contribution in [0, 0.1) is 0 Å². The highest BCUT2D eigenvalue weighted by molar-refractivity contribution is 4.82. The highest BCUT2D eigenvalue weighted by Gasteiger charge is 2.10. The summed E-state index contributed by atoms with van der Waals surface area (Å²) in [4.78, 5) is 0. The predicted octanol–water partition coefficient (Wildman–Crippen LogP) is 1.68. The van der Waals surface area contributed by atoms with Gasteiger partial charge in [-0.25, -0.2) is 9.13 Å². The van der Waals surface area contributed by atoms with Crippen molar-refractivity contribution in [1.82, 2.24) is 4.57 Å². The van der Waals surface area contributed by atoms with Crippen LogP contribution < -0.4 is 4.57 Å². The van der Waals surface area contributed by atoms with Crippen LogP contribution in [0.5, 0.6) is 0 Å². The Hall–Kier alpha value is -0.790. The van der Waals surface area contributed by atoms with Crippen LogP contribution in [0.3, 0.4) is 0 Å². The molecule has 0 saturated heterocycles. The van der Waals surface area contributed by atoms with Gasteiger partial charge in [-0.3, -0.25) is 0 Å². The van der Waals surface area contributed by atoms with Crippen LogP contribution in [-0.2, 0) is 20.0 Å². The van der Waals surface area contributed by atoms with Gasteiger partial charge in [0.15, 0.2) is 0 Å². The molecule has 0 fully saturated rings. The van der Waals surface area contributed by atoms with Crippen molar-refractivity contribution in [3.05, 3.63) is 18.2 Å². The number of hydrogen-bond donors (Lipinski definition) is 0. The largest absolute Gasteiger partial charge is 0.255 e. The van der Waals surface area contributed by atoms with Crippen molar-refractivity contribution < 1.29 is 4.57 Å². The monoisotopic (exact) mass is 167 g/mol. The van der Waals surface area contributed by atoms with Crippen LogP contribution in [0.15, 0.2) is 12.4 Å². The zero-order valence-corrected chi connectivity index (χ0v) is 8.38. The number of nitrogens with zero attached hydrogens (tertiary/aromatic N) is 2. The number of imidazole rings is 1. The minimum absolute atomic E-state index is 1.12. The summed E-state index contributed by atoms with van der Waals surface area (Å²) in [5.74, 6) is 1.42. The van der Waals surface area contributed by atoms with Crippen LogP contribution in [0.4, 0.5) is 0 Å². The van der Waals surface area contributed by atoms with Crippen LogP contribution in [0.25, 0.3) is 0 Å². The van der Waals surface area contributed by atoms with E-state index in [-0.39, 0.29) is 0 Å². The van der Waals surface area contributed by atoms with Gasteiger partial charge in [0.05, 0.1) is 13.6 Å². The molecule has 1 heterocycles. The van der Waals surface area contributed by atoms with Gasteiger partial charge >= 0.3 is 0 Å². The van der Waals surface area contributed by atoms with Crippen molar-refractivity contribution in [2.75, 3.05) is 0 Å². The molecule has 1 aromatic heterocycles. The molecule has 0 bridgehead atoms. The first-order chi connectivity index (χ1) is 5.79. The molecule has 0 amide bonds. The van der Waals surface area contributed by atoms with Gasteiger partial charge in [0, 0.05) is 6.42 Å². The average molecular weight is 167 g/mol. The molecule has 0 aromatic carbocycles. The van der Waals surface area contributed by atoms with Gasteiger partial charge in [-0.1, -0.05) is 20.3 Å². The van der Waals surface area contributed by atoms with Gasteiger partial charge in [0.1, 0.15) is 12.4 Å². The fraction of sp³-hybridized carbons (Fsp3) is 0.700. The lowest BCUT2D eigenvalue weighted by atomic mass is 10.3. The maximum atomic E-state index is 2.35. The molecule has 0 radical (unpaired) electrons. The molecule has 1 rings (SSSR count). The fourth-order valence-electron chi connectivity index (χ4n) is 1.54. The second kappa shape index (κ2) is 4.29. The molecule has 0 spiro atoms. The van der Waals surface area contributed by atoms with E-state index in [1.54, 1.807) is 0 Å². The zero-order valence-electron chi connectivity index (χ0n) is 8.38. The summed E-state index contributed by atoms with van der Waals surface area (Å²) in [7, 11) is 2.11. The maximum absolute atomic E-state index is 2.35. The van der Waals surface area contributed by atoms with Crippen LogP contribution in [0.2, 0.25) is 0 Å². The van der Waals surface area contributed by atoms with E-state index in [4.69, 9.17) is 0 Å². The normalized spacial score (nSPS) is 10.6. The lowest BCUT2D eigenvalue weighted by Crippen LogP contribution is -2.31. The number of hydrogen-bond acceptors (Lipinski definition) is 0. The van der Waals surface area contributed by atoms with E-state index in [1.165, 1.54) is 25.2 Å². The predicted molar refractivity (Wildman–Crippen MR) is 49.9 cm³/mol. The molecule has 0 saturated carbocycles. The summed E-state index contributed by atoms with van der Waals surface area (Å²) in [6.45, 7) is 5.60. The number of aryl methyl sites for hydroxylation is 2. The lowest BCUT2D eigenvalue weighted by Gasteiger charge is -1.98. The molecule has 0 aliphatic carbocycles. The van der Waals surface area contributed by atoms with E-state index < -0.39 is 0 Å². The molecule has 12 heavy (non-hydrogen) atoms. The third-order valence-corrected chi connectivity index (χ3v) is 2.28. The second-order valence-electron chi connectivity index (χ2n) is 3.23. The smallest absolute Gasteiger partial charge is 0.237 e. The Balaban J connectivity index is 2.70. The van der Waals surface area contributed by atoms with Crippen LogP contribution in [0.1, 0.15) is 32.5 Å². The van der Waals surface area contributed by atoms with Gasteiger partial charge < -0.3 is 0 Å². The number of aromatic nitrogens is 2. The maximum Gasteiger partial charge on any atom is 0.255 e. The van der Waals surface area contributed by atoms with Crippen molar-refractivity contribution in [3.63, 3.8) is 0 Å². The van der Waals surface area contributed by atoms with Gasteiger partial charge in [-0.15, -0.1) is 0 Å². The van der Waals surface area contributed by atoms with E-state index in [0.29, 0.717) is 0 Å². The summed E-state index contributed by atoms with van der Waals surface area (Å²) in [5, 5.41) is 0. The Morgan fingerprint density at radius 3 is 2.75 bits per heavy atom. The first-order valence-electron chi connectivity index (χ1n) is 4.83. The summed E-state index contributed by atoms with van der Waals surface area (Å²) >= 11 is 0. The molecule has 0 N–H and O–H groups in total. The molecule has 68 valence electrons. The first-order valence-corrected chi connectivity index (χ1v) is 4.83. The first kappa shape index (κ1) is 9.30. The van der Waals surface area contributed by atoms with Crippen molar-refractivity contribution in [2.24, 2.45) is 7.05 Å². The van der Waals surface area contributed by atoms with Crippen molar-refractivity contribution in [2.45, 2.75) is 39.7 Å². The van der Waals surface area contributed by atoms with Gasteiger partial charge in [0.2, 0.25) is 0 Å². The lowest BCUT2D eigenvalue weighted by molar-refractivity contribution is -0.678. The van der Waals surface area contributed by atoms with E-state index in [1.807, 2.05) is 0 Å². The van der Waals surface area contributed by atoms with E-state index >= 15 is 0 Å². The van der Waals surface area contributed by atoms with Crippen molar-refractivity contribution >= 4 is 0 Å². The molecule has 2 nitrogen and oxygen atoms in total. The Kier molecular flexibility index (Phi) is 3.32. The Morgan fingerprint density at radius 2 is 2.17 bits per heavy atom. The topological polar surface area (TPSA) is 8.81 Å². The Labute approximate surface area is 74.8 Å². The van der Waals surface area contributed by atoms with E-state index in [2.05, 4.69) is 42.4 Å². The molecule has 0 aliphatic rings. The molecule has 2 heteroatoms. The van der Waals surface area contributed by atoms with E-state index in [9.17, 15) is 0 Å². The fourth-order valence-corrected chi connectivity index (χ4v) is 1.54. The van der Waals surface area contributed by atoms with Crippen LogP contribution in [-0.4, -0.2) is 4.57 Å². The van der Waals surface area contributed by atoms with Crippen molar-refractivity contribution in [3.8, 4) is 0 Å². The molecule has 0 unspecified atom stereocenters. The molecule has 0 aliphatic heterocycles. The summed E-state index contributed by atoms with van der Waals surface area (Å²) in [6.07, 6.45) is 7.98. The van der Waals surface area contributed by atoms with Crippen molar-refractivity contribution in [1.29, 1.82) is 0 Å². The number of rotatable bonds is 4. The highest BCUT2D eigenvalue weighted by atomic mass is 15.1. The standard InChI is InChI=1S/C10H19N2/c1-4-6-7-12-9-8-11(3)10(12)5-2/h8-9H,4-7H2,1-3H3/q+1. The minimum atomic E-state index is 1.12. The summed E-state index contributed by atoms with van der Waals surface area (Å²) in [6, 6.07) is 0. The van der Waals surface area contributed by atoms with Gasteiger partial charge in [-0.2, -0.15) is 0 Å². The Morgan fingerprint density at radius 1 is 1.42 bits per heavy atom. The van der Waals surface area contributed by atoms with Gasteiger partial charge in [-0.05, 0) is 6.42 Å². The summed E-state index contributed by atoms with van der Waals surface area (Å²) in [5.41, 5.74) is 0. The minimum Gasteiger partial charge on any atom is -0.237 e. The third-order valence-electron chi connectivity index (χ3n) is 2.28. The second-order valence-corrected chi connectivity index (χ2v) is 3.23. The Bertz CT molecular complexity index is 238. The average Bonchev–Trinajstić information content (AvgIpc) is 2.43. The third kappa shape index (κ3) is 1.87. The molecular formula is C10H19N2+.